The average Bonchev–Trinajstić information content (AvgIpc) is 2.43. The third kappa shape index (κ3) is 1.80. The topological polar surface area (TPSA) is 86.9 Å². The number of fused-ring (bicyclic) bond motifs is 1. The Bertz CT molecular complexity index is 534. The summed E-state index contributed by atoms with van der Waals surface area (Å²) in [6, 6.07) is 5.54. The lowest BCUT2D eigenvalue weighted by Gasteiger charge is -2.02. The maximum Gasteiger partial charge on any atom is 0.237 e. The van der Waals surface area contributed by atoms with E-state index in [1.54, 1.807) is 4.57 Å². The molecule has 1 amide bonds. The van der Waals surface area contributed by atoms with Crippen molar-refractivity contribution in [1.82, 2.24) is 9.55 Å². The van der Waals surface area contributed by atoms with E-state index in [1.165, 1.54) is 0 Å². The van der Waals surface area contributed by atoms with Crippen LogP contribution in [0.5, 0.6) is 0 Å². The highest BCUT2D eigenvalue weighted by Crippen LogP contribution is 2.21. The first kappa shape index (κ1) is 9.97. The summed E-state index contributed by atoms with van der Waals surface area (Å²) in [5.74, 6) is -0.150. The van der Waals surface area contributed by atoms with Crippen molar-refractivity contribution >= 4 is 38.8 Å². The van der Waals surface area contributed by atoms with Crippen LogP contribution in [0.1, 0.15) is 0 Å². The van der Waals surface area contributed by atoms with Crippen molar-refractivity contribution < 1.29 is 4.79 Å². The Morgan fingerprint density at radius 2 is 2.27 bits per heavy atom. The van der Waals surface area contributed by atoms with Crippen molar-refractivity contribution in [2.24, 2.45) is 5.73 Å². The van der Waals surface area contributed by atoms with Gasteiger partial charge in [0.25, 0.3) is 0 Å². The van der Waals surface area contributed by atoms with Gasteiger partial charge in [-0.3, -0.25) is 4.79 Å². The number of nitrogens with zero attached hydrogens (tertiary/aromatic N) is 2. The van der Waals surface area contributed by atoms with Gasteiger partial charge >= 0.3 is 0 Å². The second kappa shape index (κ2) is 3.54. The molecule has 0 radical (unpaired) electrons. The molecule has 1 aromatic heterocycles. The number of anilines is 1. The van der Waals surface area contributed by atoms with Crippen molar-refractivity contribution in [3.63, 3.8) is 0 Å². The smallest absolute Gasteiger partial charge is 0.237 e. The number of primary amides is 1. The number of halogens is 1. The Hall–Kier alpha value is -1.56. The van der Waals surface area contributed by atoms with Crippen LogP contribution < -0.4 is 11.5 Å². The first-order chi connectivity index (χ1) is 7.08. The van der Waals surface area contributed by atoms with Crippen LogP contribution in [-0.2, 0) is 11.3 Å². The molecule has 0 unspecified atom stereocenters. The minimum Gasteiger partial charge on any atom is -0.369 e. The molecule has 0 fully saturated rings. The van der Waals surface area contributed by atoms with E-state index in [0.29, 0.717) is 5.95 Å². The number of carbonyl (C=O) groups is 1. The van der Waals surface area contributed by atoms with Crippen LogP contribution in [-0.4, -0.2) is 15.5 Å². The van der Waals surface area contributed by atoms with Crippen molar-refractivity contribution in [2.75, 3.05) is 5.73 Å². The van der Waals surface area contributed by atoms with Gasteiger partial charge in [0, 0.05) is 4.47 Å². The number of amides is 1. The number of nitrogen functional groups attached to an aromatic ring is 1. The first-order valence-electron chi connectivity index (χ1n) is 4.27. The number of nitrogens with two attached hydrogens (primary N) is 2. The first-order valence-corrected chi connectivity index (χ1v) is 5.07. The number of imidazole rings is 1. The van der Waals surface area contributed by atoms with E-state index in [4.69, 9.17) is 11.5 Å². The van der Waals surface area contributed by atoms with Crippen LogP contribution in [0.2, 0.25) is 0 Å². The number of benzene rings is 1. The van der Waals surface area contributed by atoms with E-state index in [9.17, 15) is 4.79 Å². The average molecular weight is 269 g/mol. The molecule has 1 aromatic carbocycles. The summed E-state index contributed by atoms with van der Waals surface area (Å²) in [5, 5.41) is 0. The molecule has 0 aliphatic heterocycles. The number of hydrogen-bond acceptors (Lipinski definition) is 3. The van der Waals surface area contributed by atoms with Gasteiger partial charge in [-0.1, -0.05) is 15.9 Å². The lowest BCUT2D eigenvalue weighted by molar-refractivity contribution is -0.118. The molecule has 0 saturated heterocycles. The SMILES string of the molecule is NC(=O)Cn1c(N)nc2ccc(Br)cc21. The molecule has 0 aliphatic rings. The van der Waals surface area contributed by atoms with Gasteiger partial charge in [0.1, 0.15) is 6.54 Å². The molecule has 2 rings (SSSR count). The summed E-state index contributed by atoms with van der Waals surface area (Å²) in [6.07, 6.45) is 0. The van der Waals surface area contributed by atoms with E-state index in [0.717, 1.165) is 15.5 Å². The molecule has 0 atom stereocenters. The monoisotopic (exact) mass is 268 g/mol. The Labute approximate surface area is 94.2 Å². The van der Waals surface area contributed by atoms with Crippen LogP contribution >= 0.6 is 15.9 Å². The Morgan fingerprint density at radius 1 is 1.53 bits per heavy atom. The Balaban J connectivity index is 2.65. The van der Waals surface area contributed by atoms with Gasteiger partial charge in [-0.15, -0.1) is 0 Å². The molecular weight excluding hydrogens is 260 g/mol. The fraction of sp³-hybridized carbons (Fsp3) is 0.111. The molecular formula is C9H9BrN4O. The molecule has 0 aliphatic carbocycles. The number of hydrogen-bond donors (Lipinski definition) is 2. The zero-order valence-electron chi connectivity index (χ0n) is 7.77. The van der Waals surface area contributed by atoms with Gasteiger partial charge in [0.2, 0.25) is 11.9 Å². The second-order valence-corrected chi connectivity index (χ2v) is 4.07. The van der Waals surface area contributed by atoms with Gasteiger partial charge in [-0.25, -0.2) is 4.98 Å². The molecule has 0 spiro atoms. The summed E-state index contributed by atoms with van der Waals surface area (Å²) in [5.41, 5.74) is 12.3. The molecule has 15 heavy (non-hydrogen) atoms. The van der Waals surface area contributed by atoms with Gasteiger partial charge < -0.3 is 16.0 Å². The fourth-order valence-electron chi connectivity index (χ4n) is 1.44. The molecule has 5 nitrogen and oxygen atoms in total. The summed E-state index contributed by atoms with van der Waals surface area (Å²) < 4.78 is 2.49. The van der Waals surface area contributed by atoms with Crippen molar-refractivity contribution in [1.29, 1.82) is 0 Å². The third-order valence-corrected chi connectivity index (χ3v) is 2.55. The highest BCUT2D eigenvalue weighted by Gasteiger charge is 2.09. The van der Waals surface area contributed by atoms with Crippen LogP contribution in [0.25, 0.3) is 11.0 Å². The maximum absolute atomic E-state index is 10.9. The van der Waals surface area contributed by atoms with E-state index in [1.807, 2.05) is 18.2 Å². The predicted octanol–water partition coefficient (Wildman–Crippen LogP) is 0.866. The Kier molecular flexibility index (Phi) is 2.36. The molecule has 0 bridgehead atoms. The highest BCUT2D eigenvalue weighted by molar-refractivity contribution is 9.10. The van der Waals surface area contributed by atoms with Gasteiger partial charge in [0.05, 0.1) is 11.0 Å². The van der Waals surface area contributed by atoms with E-state index >= 15 is 0 Å². The minimum absolute atomic E-state index is 0.0405. The second-order valence-electron chi connectivity index (χ2n) is 3.16. The van der Waals surface area contributed by atoms with Crippen LogP contribution in [0.15, 0.2) is 22.7 Å². The van der Waals surface area contributed by atoms with E-state index in [2.05, 4.69) is 20.9 Å². The summed E-state index contributed by atoms with van der Waals surface area (Å²) >= 11 is 3.34. The van der Waals surface area contributed by atoms with Gasteiger partial charge in [0.15, 0.2) is 0 Å². The van der Waals surface area contributed by atoms with Crippen molar-refractivity contribution in [3.05, 3.63) is 22.7 Å². The molecule has 0 saturated carbocycles. The van der Waals surface area contributed by atoms with Crippen molar-refractivity contribution in [2.45, 2.75) is 6.54 Å². The quantitative estimate of drug-likeness (QED) is 0.847. The standard InChI is InChI=1S/C9H9BrN4O/c10-5-1-2-6-7(3-5)14(4-8(11)15)9(12)13-6/h1-3H,4H2,(H2,11,15)(H2,12,13). The molecule has 6 heteroatoms. The molecule has 1 heterocycles. The lowest BCUT2D eigenvalue weighted by Crippen LogP contribution is -2.19. The molecule has 78 valence electrons. The summed E-state index contributed by atoms with van der Waals surface area (Å²) in [6.45, 7) is 0.0405. The normalized spacial score (nSPS) is 10.7. The van der Waals surface area contributed by atoms with Crippen LogP contribution in [0.4, 0.5) is 5.95 Å². The van der Waals surface area contributed by atoms with E-state index in [-0.39, 0.29) is 6.54 Å². The minimum atomic E-state index is -0.444. The maximum atomic E-state index is 10.9. The molecule has 4 N–H and O–H groups in total. The van der Waals surface area contributed by atoms with E-state index < -0.39 is 5.91 Å². The highest BCUT2D eigenvalue weighted by atomic mass is 79.9. The number of rotatable bonds is 2. The summed E-state index contributed by atoms with van der Waals surface area (Å²) in [4.78, 5) is 15.0. The van der Waals surface area contributed by atoms with Gasteiger partial charge in [-0.05, 0) is 18.2 Å². The molecule has 2 aromatic rings. The zero-order valence-corrected chi connectivity index (χ0v) is 9.36. The largest absolute Gasteiger partial charge is 0.369 e. The van der Waals surface area contributed by atoms with Crippen molar-refractivity contribution in [3.8, 4) is 0 Å². The predicted molar refractivity (Wildman–Crippen MR) is 61.0 cm³/mol. The fourth-order valence-corrected chi connectivity index (χ4v) is 1.79. The van der Waals surface area contributed by atoms with Crippen LogP contribution in [0.3, 0.4) is 0 Å². The lowest BCUT2D eigenvalue weighted by atomic mass is 10.3. The number of carbonyl (C=O) groups excluding carboxylic acids is 1. The summed E-state index contributed by atoms with van der Waals surface area (Å²) in [7, 11) is 0. The third-order valence-electron chi connectivity index (χ3n) is 2.05. The van der Waals surface area contributed by atoms with Crippen LogP contribution in [0, 0.1) is 0 Å². The number of aromatic nitrogens is 2. The zero-order chi connectivity index (χ0) is 11.0. The Morgan fingerprint density at radius 3 is 2.93 bits per heavy atom. The van der Waals surface area contributed by atoms with Gasteiger partial charge in [-0.2, -0.15) is 0 Å².